The fourth-order valence-electron chi connectivity index (χ4n) is 2.21. The molecule has 0 heterocycles. The van der Waals surface area contributed by atoms with Crippen molar-refractivity contribution in [2.45, 2.75) is 37.8 Å². The summed E-state index contributed by atoms with van der Waals surface area (Å²) >= 11 is 1.71. The Morgan fingerprint density at radius 1 is 0.963 bits per heavy atom. The maximum atomic E-state index is 12.2. The smallest absolute Gasteiger partial charge is 0.407 e. The number of rotatable bonds is 7. The highest BCUT2D eigenvalue weighted by atomic mass is 32.2. The molecule has 5 nitrogen and oxygen atoms in total. The molecule has 0 unspecified atom stereocenters. The normalized spacial score (nSPS) is 10.9. The Hall–Kier alpha value is -2.47. The van der Waals surface area contributed by atoms with Crippen molar-refractivity contribution in [3.05, 3.63) is 65.7 Å². The van der Waals surface area contributed by atoms with E-state index in [9.17, 15) is 9.59 Å². The van der Waals surface area contributed by atoms with Crippen molar-refractivity contribution in [1.29, 1.82) is 0 Å². The van der Waals surface area contributed by atoms with Crippen molar-refractivity contribution >= 4 is 23.8 Å². The predicted octanol–water partition coefficient (Wildman–Crippen LogP) is 4.23. The van der Waals surface area contributed by atoms with Gasteiger partial charge in [0.25, 0.3) is 5.91 Å². The number of ether oxygens (including phenoxy) is 1. The van der Waals surface area contributed by atoms with Crippen LogP contribution in [-0.2, 0) is 11.3 Å². The lowest BCUT2D eigenvalue weighted by Crippen LogP contribution is -2.32. The quantitative estimate of drug-likeness (QED) is 0.552. The minimum Gasteiger partial charge on any atom is -0.444 e. The fourth-order valence-corrected chi connectivity index (χ4v) is 3.00. The molecule has 0 saturated heterocycles. The molecular formula is C21H26N2O3S. The van der Waals surface area contributed by atoms with Crippen molar-refractivity contribution in [1.82, 2.24) is 10.6 Å². The molecule has 0 radical (unpaired) electrons. The zero-order chi connectivity index (χ0) is 19.7. The SMILES string of the molecule is CC(C)(C)OC(=O)NCc1ccc(C(=O)NCCSc2ccccc2)cc1. The van der Waals surface area contributed by atoms with Gasteiger partial charge >= 0.3 is 6.09 Å². The first-order valence-corrected chi connectivity index (χ1v) is 9.84. The number of carbonyl (C=O) groups excluding carboxylic acids is 2. The van der Waals surface area contributed by atoms with E-state index in [-0.39, 0.29) is 5.91 Å². The molecule has 0 saturated carbocycles. The number of amides is 2. The number of carbonyl (C=O) groups is 2. The Labute approximate surface area is 164 Å². The number of thioether (sulfide) groups is 1. The van der Waals surface area contributed by atoms with Gasteiger partial charge in [0.05, 0.1) is 0 Å². The molecule has 2 aromatic rings. The third-order valence-electron chi connectivity index (χ3n) is 3.45. The van der Waals surface area contributed by atoms with E-state index < -0.39 is 11.7 Å². The number of alkyl carbamates (subject to hydrolysis) is 1. The van der Waals surface area contributed by atoms with E-state index in [2.05, 4.69) is 22.8 Å². The molecule has 0 fully saturated rings. The second kappa shape index (κ2) is 10.0. The van der Waals surface area contributed by atoms with Gasteiger partial charge in [0.1, 0.15) is 5.60 Å². The first-order valence-electron chi connectivity index (χ1n) is 8.85. The molecule has 2 aromatic carbocycles. The van der Waals surface area contributed by atoms with Gasteiger partial charge in [-0.3, -0.25) is 4.79 Å². The van der Waals surface area contributed by atoms with E-state index in [0.29, 0.717) is 18.7 Å². The topological polar surface area (TPSA) is 67.4 Å². The summed E-state index contributed by atoms with van der Waals surface area (Å²) < 4.78 is 5.19. The van der Waals surface area contributed by atoms with Crippen LogP contribution in [-0.4, -0.2) is 29.9 Å². The maximum Gasteiger partial charge on any atom is 0.407 e. The number of hydrogen-bond donors (Lipinski definition) is 2. The number of hydrogen-bond acceptors (Lipinski definition) is 4. The van der Waals surface area contributed by atoms with Crippen LogP contribution in [0.3, 0.4) is 0 Å². The molecule has 0 aromatic heterocycles. The van der Waals surface area contributed by atoms with Crippen molar-refractivity contribution in [2.75, 3.05) is 12.3 Å². The summed E-state index contributed by atoms with van der Waals surface area (Å²) in [5, 5.41) is 5.61. The molecule has 0 bridgehead atoms. The van der Waals surface area contributed by atoms with Crippen molar-refractivity contribution < 1.29 is 14.3 Å². The van der Waals surface area contributed by atoms with Crippen LogP contribution in [0.5, 0.6) is 0 Å². The van der Waals surface area contributed by atoms with E-state index in [0.717, 1.165) is 11.3 Å². The molecular weight excluding hydrogens is 360 g/mol. The highest BCUT2D eigenvalue weighted by Crippen LogP contribution is 2.15. The summed E-state index contributed by atoms with van der Waals surface area (Å²) in [4.78, 5) is 25.0. The van der Waals surface area contributed by atoms with E-state index in [1.807, 2.05) is 51.1 Å². The van der Waals surface area contributed by atoms with Crippen LogP contribution in [0.15, 0.2) is 59.5 Å². The Bertz CT molecular complexity index is 740. The minimum absolute atomic E-state index is 0.102. The summed E-state index contributed by atoms with van der Waals surface area (Å²) in [6, 6.07) is 17.2. The van der Waals surface area contributed by atoms with Crippen LogP contribution in [0.2, 0.25) is 0 Å². The van der Waals surface area contributed by atoms with Gasteiger partial charge in [0, 0.05) is 29.3 Å². The lowest BCUT2D eigenvalue weighted by atomic mass is 10.1. The summed E-state index contributed by atoms with van der Waals surface area (Å²) in [5.41, 5.74) is 0.975. The van der Waals surface area contributed by atoms with E-state index >= 15 is 0 Å². The fraction of sp³-hybridized carbons (Fsp3) is 0.333. The first-order chi connectivity index (χ1) is 12.8. The van der Waals surface area contributed by atoms with E-state index in [4.69, 9.17) is 4.74 Å². The Morgan fingerprint density at radius 3 is 2.26 bits per heavy atom. The van der Waals surface area contributed by atoms with Crippen LogP contribution >= 0.6 is 11.8 Å². The second-order valence-corrected chi connectivity index (χ2v) is 8.14. The van der Waals surface area contributed by atoms with Crippen molar-refractivity contribution in [2.24, 2.45) is 0 Å². The Balaban J connectivity index is 1.72. The zero-order valence-electron chi connectivity index (χ0n) is 16.0. The lowest BCUT2D eigenvalue weighted by Gasteiger charge is -2.19. The van der Waals surface area contributed by atoms with Gasteiger partial charge in [-0.25, -0.2) is 4.79 Å². The van der Waals surface area contributed by atoms with Gasteiger partial charge in [0.2, 0.25) is 0 Å². The highest BCUT2D eigenvalue weighted by molar-refractivity contribution is 7.99. The third kappa shape index (κ3) is 8.17. The molecule has 0 aliphatic heterocycles. The molecule has 2 amide bonds. The Morgan fingerprint density at radius 2 is 1.63 bits per heavy atom. The molecule has 2 N–H and O–H groups in total. The third-order valence-corrected chi connectivity index (χ3v) is 4.47. The zero-order valence-corrected chi connectivity index (χ0v) is 16.8. The number of benzene rings is 2. The van der Waals surface area contributed by atoms with Crippen LogP contribution < -0.4 is 10.6 Å². The van der Waals surface area contributed by atoms with Crippen LogP contribution in [0, 0.1) is 0 Å². The van der Waals surface area contributed by atoms with Crippen molar-refractivity contribution in [3.63, 3.8) is 0 Å². The van der Waals surface area contributed by atoms with Gasteiger partial charge in [0.15, 0.2) is 0 Å². The summed E-state index contributed by atoms with van der Waals surface area (Å²) in [5.74, 6) is 0.712. The van der Waals surface area contributed by atoms with Gasteiger partial charge in [-0.2, -0.15) is 0 Å². The first kappa shape index (κ1) is 20.8. The molecule has 27 heavy (non-hydrogen) atoms. The number of nitrogens with one attached hydrogen (secondary N) is 2. The summed E-state index contributed by atoms with van der Waals surface area (Å²) in [7, 11) is 0. The largest absolute Gasteiger partial charge is 0.444 e. The molecule has 0 aliphatic rings. The van der Waals surface area contributed by atoms with Crippen molar-refractivity contribution in [3.8, 4) is 0 Å². The average molecular weight is 387 g/mol. The summed E-state index contributed by atoms with van der Waals surface area (Å²) in [6.45, 7) is 6.40. The van der Waals surface area contributed by atoms with Gasteiger partial charge < -0.3 is 15.4 Å². The molecule has 0 atom stereocenters. The Kier molecular flexibility index (Phi) is 7.73. The molecule has 0 aliphatic carbocycles. The van der Waals surface area contributed by atoms with Gasteiger partial charge in [-0.1, -0.05) is 30.3 Å². The molecule has 0 spiro atoms. The molecule has 144 valence electrons. The van der Waals surface area contributed by atoms with Crippen LogP contribution in [0.25, 0.3) is 0 Å². The lowest BCUT2D eigenvalue weighted by molar-refractivity contribution is 0.0523. The van der Waals surface area contributed by atoms with Gasteiger partial charge in [-0.05, 0) is 50.6 Å². The molecule has 2 rings (SSSR count). The average Bonchev–Trinajstić information content (AvgIpc) is 2.63. The van der Waals surface area contributed by atoms with E-state index in [1.54, 1.807) is 23.9 Å². The maximum absolute atomic E-state index is 12.2. The minimum atomic E-state index is -0.523. The highest BCUT2D eigenvalue weighted by Gasteiger charge is 2.15. The van der Waals surface area contributed by atoms with E-state index in [1.165, 1.54) is 4.90 Å². The van der Waals surface area contributed by atoms with Crippen LogP contribution in [0.1, 0.15) is 36.7 Å². The summed E-state index contributed by atoms with van der Waals surface area (Å²) in [6.07, 6.45) is -0.458. The van der Waals surface area contributed by atoms with Gasteiger partial charge in [-0.15, -0.1) is 11.8 Å². The second-order valence-electron chi connectivity index (χ2n) is 6.97. The predicted molar refractivity (Wildman–Crippen MR) is 109 cm³/mol. The standard InChI is InChI=1S/C21H26N2O3S/c1-21(2,3)26-20(25)23-15-16-9-11-17(12-10-16)19(24)22-13-14-27-18-7-5-4-6-8-18/h4-12H,13-15H2,1-3H3,(H,22,24)(H,23,25). The monoisotopic (exact) mass is 386 g/mol. The van der Waals surface area contributed by atoms with Crippen LogP contribution in [0.4, 0.5) is 4.79 Å². The molecule has 6 heteroatoms.